The van der Waals surface area contributed by atoms with Gasteiger partial charge in [0.15, 0.2) is 0 Å². The van der Waals surface area contributed by atoms with Crippen molar-refractivity contribution in [1.82, 2.24) is 0 Å². The number of aliphatic hydroxyl groups excluding tert-OH is 1. The van der Waals surface area contributed by atoms with Gasteiger partial charge in [-0.3, -0.25) is 0 Å². The number of terminal acetylenes is 1. The fourth-order valence-corrected chi connectivity index (χ4v) is 2.22. The minimum Gasteiger partial charge on any atom is -0.388 e. The molecule has 2 rings (SSSR count). The number of aliphatic hydroxyl groups is 1. The average Bonchev–Trinajstić information content (AvgIpc) is 2.33. The lowest BCUT2D eigenvalue weighted by Gasteiger charge is -2.33. The van der Waals surface area contributed by atoms with Gasteiger partial charge in [-0.25, -0.2) is 0 Å². The summed E-state index contributed by atoms with van der Waals surface area (Å²) in [6.07, 6.45) is 7.59. The van der Waals surface area contributed by atoms with Crippen LogP contribution in [0.25, 0.3) is 0 Å². The Labute approximate surface area is 96.9 Å². The van der Waals surface area contributed by atoms with Gasteiger partial charge in [-0.1, -0.05) is 18.2 Å². The van der Waals surface area contributed by atoms with Crippen molar-refractivity contribution in [2.75, 3.05) is 18.0 Å². The van der Waals surface area contributed by atoms with E-state index >= 15 is 0 Å². The van der Waals surface area contributed by atoms with Crippen molar-refractivity contribution in [3.05, 3.63) is 29.8 Å². The summed E-state index contributed by atoms with van der Waals surface area (Å²) in [5.74, 6) is 2.66. The van der Waals surface area contributed by atoms with Gasteiger partial charge in [-0.2, -0.15) is 0 Å². The first kappa shape index (κ1) is 11.0. The monoisotopic (exact) mass is 215 g/mol. The highest BCUT2D eigenvalue weighted by Crippen LogP contribution is 2.33. The number of hydrogen-bond donors (Lipinski definition) is 1. The molecule has 1 aliphatic heterocycles. The van der Waals surface area contributed by atoms with Gasteiger partial charge >= 0.3 is 0 Å². The van der Waals surface area contributed by atoms with Crippen molar-refractivity contribution >= 4 is 5.69 Å². The van der Waals surface area contributed by atoms with Crippen molar-refractivity contribution in [2.45, 2.75) is 25.4 Å². The molecule has 1 aromatic carbocycles. The molecule has 1 atom stereocenters. The van der Waals surface area contributed by atoms with Crippen molar-refractivity contribution in [1.29, 1.82) is 0 Å². The molecule has 1 heterocycles. The number of unbranched alkanes of at least 4 members (excludes halogenated alkanes) is 1. The molecule has 16 heavy (non-hydrogen) atoms. The highest BCUT2D eigenvalue weighted by Gasteiger charge is 2.22. The smallest absolute Gasteiger partial charge is 0.0826 e. The molecule has 0 bridgehead atoms. The van der Waals surface area contributed by atoms with E-state index in [-0.39, 0.29) is 6.10 Å². The molecule has 2 heteroatoms. The van der Waals surface area contributed by atoms with Gasteiger partial charge in [0, 0.05) is 30.8 Å². The van der Waals surface area contributed by atoms with E-state index in [0.717, 1.165) is 37.9 Å². The van der Waals surface area contributed by atoms with Crippen molar-refractivity contribution < 1.29 is 5.11 Å². The number of anilines is 1. The van der Waals surface area contributed by atoms with E-state index in [1.807, 2.05) is 18.2 Å². The Morgan fingerprint density at radius 2 is 2.25 bits per heavy atom. The van der Waals surface area contributed by atoms with Gasteiger partial charge in [0.25, 0.3) is 0 Å². The zero-order valence-corrected chi connectivity index (χ0v) is 9.39. The SMILES string of the molecule is C#CCCCN1CCC(O)c2ccccc21. The number of para-hydroxylation sites is 1. The summed E-state index contributed by atoms with van der Waals surface area (Å²) in [7, 11) is 0. The number of nitrogens with zero attached hydrogens (tertiary/aromatic N) is 1. The maximum atomic E-state index is 9.89. The van der Waals surface area contributed by atoms with E-state index in [4.69, 9.17) is 6.42 Å². The van der Waals surface area contributed by atoms with E-state index in [0.29, 0.717) is 0 Å². The van der Waals surface area contributed by atoms with Gasteiger partial charge in [-0.15, -0.1) is 12.3 Å². The molecule has 0 saturated carbocycles. The Bertz CT molecular complexity index is 394. The Morgan fingerprint density at radius 1 is 1.44 bits per heavy atom. The van der Waals surface area contributed by atoms with E-state index in [1.165, 1.54) is 5.69 Å². The maximum absolute atomic E-state index is 9.89. The number of hydrogen-bond acceptors (Lipinski definition) is 2. The second kappa shape index (κ2) is 5.05. The number of rotatable bonds is 3. The number of fused-ring (bicyclic) bond motifs is 1. The highest BCUT2D eigenvalue weighted by atomic mass is 16.3. The summed E-state index contributed by atoms with van der Waals surface area (Å²) in [6, 6.07) is 8.08. The number of benzene rings is 1. The third kappa shape index (κ3) is 2.20. The van der Waals surface area contributed by atoms with Crippen LogP contribution in [0.3, 0.4) is 0 Å². The second-order valence-corrected chi connectivity index (χ2v) is 4.16. The molecular weight excluding hydrogens is 198 g/mol. The van der Waals surface area contributed by atoms with E-state index in [2.05, 4.69) is 16.9 Å². The van der Waals surface area contributed by atoms with E-state index in [1.54, 1.807) is 0 Å². The fraction of sp³-hybridized carbons (Fsp3) is 0.429. The molecule has 0 saturated heterocycles. The Kier molecular flexibility index (Phi) is 3.48. The van der Waals surface area contributed by atoms with Crippen LogP contribution in [0.4, 0.5) is 5.69 Å². The standard InChI is InChI=1S/C14H17NO/c1-2-3-6-10-15-11-9-14(16)12-7-4-5-8-13(12)15/h1,4-5,7-8,14,16H,3,6,9-11H2. The molecule has 0 amide bonds. The lowest BCUT2D eigenvalue weighted by Crippen LogP contribution is -2.31. The zero-order chi connectivity index (χ0) is 11.4. The molecule has 1 unspecified atom stereocenters. The van der Waals surface area contributed by atoms with Gasteiger partial charge in [0.1, 0.15) is 0 Å². The molecule has 1 aliphatic rings. The van der Waals surface area contributed by atoms with Crippen LogP contribution in [0.1, 0.15) is 30.9 Å². The predicted molar refractivity (Wildman–Crippen MR) is 66.3 cm³/mol. The molecule has 0 aromatic heterocycles. The molecule has 0 aliphatic carbocycles. The third-order valence-electron chi connectivity index (χ3n) is 3.06. The van der Waals surface area contributed by atoms with Crippen LogP contribution in [0.15, 0.2) is 24.3 Å². The van der Waals surface area contributed by atoms with Crippen LogP contribution < -0.4 is 4.90 Å². The molecule has 1 aromatic rings. The van der Waals surface area contributed by atoms with Gasteiger partial charge in [0.2, 0.25) is 0 Å². The lowest BCUT2D eigenvalue weighted by atomic mass is 9.98. The molecule has 1 N–H and O–H groups in total. The topological polar surface area (TPSA) is 23.5 Å². The quantitative estimate of drug-likeness (QED) is 0.618. The van der Waals surface area contributed by atoms with Gasteiger partial charge < -0.3 is 10.0 Å². The summed E-state index contributed by atoms with van der Waals surface area (Å²) >= 11 is 0. The minimum atomic E-state index is -0.305. The molecule has 84 valence electrons. The zero-order valence-electron chi connectivity index (χ0n) is 9.39. The van der Waals surface area contributed by atoms with Crippen molar-refractivity contribution in [3.63, 3.8) is 0 Å². The largest absolute Gasteiger partial charge is 0.388 e. The minimum absolute atomic E-state index is 0.305. The Hall–Kier alpha value is -1.46. The Morgan fingerprint density at radius 3 is 3.06 bits per heavy atom. The summed E-state index contributed by atoms with van der Waals surface area (Å²) in [4.78, 5) is 2.32. The maximum Gasteiger partial charge on any atom is 0.0826 e. The van der Waals surface area contributed by atoms with Crippen LogP contribution in [-0.2, 0) is 0 Å². The second-order valence-electron chi connectivity index (χ2n) is 4.16. The van der Waals surface area contributed by atoms with Crippen LogP contribution in [-0.4, -0.2) is 18.2 Å². The average molecular weight is 215 g/mol. The van der Waals surface area contributed by atoms with Crippen molar-refractivity contribution in [2.24, 2.45) is 0 Å². The molecule has 2 nitrogen and oxygen atoms in total. The summed E-state index contributed by atoms with van der Waals surface area (Å²) in [5, 5.41) is 9.89. The van der Waals surface area contributed by atoms with Gasteiger partial charge in [0.05, 0.1) is 6.10 Å². The predicted octanol–water partition coefficient (Wildman–Crippen LogP) is 2.34. The summed E-state index contributed by atoms with van der Waals surface area (Å²) in [5.41, 5.74) is 2.22. The van der Waals surface area contributed by atoms with Crippen LogP contribution >= 0.6 is 0 Å². The highest BCUT2D eigenvalue weighted by molar-refractivity contribution is 5.56. The molecule has 0 spiro atoms. The molecule has 0 fully saturated rings. The van der Waals surface area contributed by atoms with Crippen LogP contribution in [0.2, 0.25) is 0 Å². The normalized spacial score (nSPS) is 19.0. The van der Waals surface area contributed by atoms with E-state index < -0.39 is 0 Å². The van der Waals surface area contributed by atoms with E-state index in [9.17, 15) is 5.11 Å². The van der Waals surface area contributed by atoms with Crippen LogP contribution in [0.5, 0.6) is 0 Å². The molecule has 0 radical (unpaired) electrons. The Balaban J connectivity index is 2.12. The first-order valence-corrected chi connectivity index (χ1v) is 5.78. The third-order valence-corrected chi connectivity index (χ3v) is 3.06. The fourth-order valence-electron chi connectivity index (χ4n) is 2.22. The van der Waals surface area contributed by atoms with Crippen LogP contribution in [0, 0.1) is 12.3 Å². The first-order valence-electron chi connectivity index (χ1n) is 5.78. The molecular formula is C14H17NO. The van der Waals surface area contributed by atoms with Gasteiger partial charge in [-0.05, 0) is 18.9 Å². The summed E-state index contributed by atoms with van der Waals surface area (Å²) in [6.45, 7) is 1.90. The lowest BCUT2D eigenvalue weighted by molar-refractivity contribution is 0.164. The summed E-state index contributed by atoms with van der Waals surface area (Å²) < 4.78 is 0. The first-order chi connectivity index (χ1) is 7.83. The van der Waals surface area contributed by atoms with Crippen molar-refractivity contribution in [3.8, 4) is 12.3 Å².